The van der Waals surface area contributed by atoms with Gasteiger partial charge in [-0.2, -0.15) is 5.26 Å². The highest BCUT2D eigenvalue weighted by Gasteiger charge is 2.27. The van der Waals surface area contributed by atoms with Gasteiger partial charge in [0, 0.05) is 25.0 Å². The summed E-state index contributed by atoms with van der Waals surface area (Å²) in [6, 6.07) is 6.51. The molecular weight excluding hydrogens is 437 g/mol. The predicted molar refractivity (Wildman–Crippen MR) is 107 cm³/mol. The van der Waals surface area contributed by atoms with E-state index in [0.29, 0.717) is 12.5 Å². The normalized spacial score (nSPS) is 20.0. The number of halogens is 1. The number of rotatable bonds is 5. The second-order valence-electron chi connectivity index (χ2n) is 5.80. The van der Waals surface area contributed by atoms with E-state index in [1.54, 1.807) is 25.4 Å². The third-order valence-electron chi connectivity index (χ3n) is 3.89. The molecule has 0 aliphatic heterocycles. The van der Waals surface area contributed by atoms with Crippen molar-refractivity contribution in [3.05, 3.63) is 22.4 Å². The first-order valence-corrected chi connectivity index (χ1v) is 8.65. The van der Waals surface area contributed by atoms with Crippen LogP contribution in [0.5, 0.6) is 0 Å². The van der Waals surface area contributed by atoms with E-state index < -0.39 is 0 Å². The Morgan fingerprint density at radius 1 is 1.50 bits per heavy atom. The summed E-state index contributed by atoms with van der Waals surface area (Å²) in [6.45, 7) is 0.750. The molecule has 0 bridgehead atoms. The quantitative estimate of drug-likeness (QED) is 0.400. The number of nitriles is 1. The minimum absolute atomic E-state index is 0. The first kappa shape index (κ1) is 20.7. The molecule has 2 rings (SSSR count). The van der Waals surface area contributed by atoms with Crippen LogP contribution in [-0.4, -0.2) is 43.4 Å². The maximum Gasteiger partial charge on any atom is 0.243 e. The lowest BCUT2D eigenvalue weighted by atomic mass is 10.1. The topological polar surface area (TPSA) is 80.5 Å². The number of nitrogens with zero attached hydrogens (tertiary/aromatic N) is 3. The molecule has 2 unspecified atom stereocenters. The standard InChI is InChI=1S/C16H23N5OS.HI/c1-21(2)15(22)11-19-16(18-10-13-6-4-8-23-13)20-14-7-3-5-12(14)9-17;/h4,6,8,12,14H,3,5,7,10-11H2,1-2H3,(H2,18,19,20);1H. The lowest BCUT2D eigenvalue weighted by Crippen LogP contribution is -2.45. The van der Waals surface area contributed by atoms with E-state index in [1.165, 1.54) is 9.78 Å². The van der Waals surface area contributed by atoms with Crippen molar-refractivity contribution in [3.63, 3.8) is 0 Å². The van der Waals surface area contributed by atoms with Gasteiger partial charge in [-0.1, -0.05) is 6.07 Å². The number of amides is 1. The van der Waals surface area contributed by atoms with Gasteiger partial charge < -0.3 is 15.5 Å². The number of nitrogens with one attached hydrogen (secondary N) is 2. The van der Waals surface area contributed by atoms with Gasteiger partial charge in [-0.25, -0.2) is 4.99 Å². The van der Waals surface area contributed by atoms with Crippen molar-refractivity contribution in [2.75, 3.05) is 20.6 Å². The lowest BCUT2D eigenvalue weighted by molar-refractivity contribution is -0.127. The molecule has 0 aromatic carbocycles. The van der Waals surface area contributed by atoms with Crippen LogP contribution in [-0.2, 0) is 11.3 Å². The van der Waals surface area contributed by atoms with E-state index >= 15 is 0 Å². The second-order valence-corrected chi connectivity index (χ2v) is 6.84. The fourth-order valence-corrected chi connectivity index (χ4v) is 3.13. The Morgan fingerprint density at radius 3 is 2.92 bits per heavy atom. The average Bonchev–Trinajstić information content (AvgIpc) is 3.20. The van der Waals surface area contributed by atoms with Crippen molar-refractivity contribution >= 4 is 47.2 Å². The molecule has 1 amide bonds. The summed E-state index contributed by atoms with van der Waals surface area (Å²) in [5.74, 6) is 0.555. The first-order valence-electron chi connectivity index (χ1n) is 7.77. The van der Waals surface area contributed by atoms with Crippen LogP contribution in [0.2, 0.25) is 0 Å². The number of thiophene rings is 1. The van der Waals surface area contributed by atoms with Gasteiger partial charge in [0.25, 0.3) is 0 Å². The van der Waals surface area contributed by atoms with Gasteiger partial charge in [0.2, 0.25) is 5.91 Å². The number of carbonyl (C=O) groups is 1. The van der Waals surface area contributed by atoms with Crippen LogP contribution in [0, 0.1) is 17.2 Å². The summed E-state index contributed by atoms with van der Waals surface area (Å²) in [7, 11) is 3.43. The third kappa shape index (κ3) is 6.28. The predicted octanol–water partition coefficient (Wildman–Crippen LogP) is 2.18. The Labute approximate surface area is 164 Å². The van der Waals surface area contributed by atoms with E-state index in [0.717, 1.165) is 19.3 Å². The minimum atomic E-state index is -0.0505. The van der Waals surface area contributed by atoms with Crippen LogP contribution >= 0.6 is 35.3 Å². The Bertz CT molecular complexity index is 582. The maximum absolute atomic E-state index is 11.8. The summed E-state index contributed by atoms with van der Waals surface area (Å²) in [6.07, 6.45) is 2.92. The Morgan fingerprint density at radius 2 is 2.29 bits per heavy atom. The van der Waals surface area contributed by atoms with Gasteiger partial charge in [-0.3, -0.25) is 4.79 Å². The zero-order valence-electron chi connectivity index (χ0n) is 14.0. The van der Waals surface area contributed by atoms with E-state index in [9.17, 15) is 10.1 Å². The molecule has 1 aliphatic rings. The molecule has 0 spiro atoms. The van der Waals surface area contributed by atoms with E-state index in [1.807, 2.05) is 17.5 Å². The Balaban J connectivity index is 0.00000288. The van der Waals surface area contributed by atoms with Gasteiger partial charge in [0.15, 0.2) is 5.96 Å². The highest BCUT2D eigenvalue weighted by molar-refractivity contribution is 14.0. The smallest absolute Gasteiger partial charge is 0.243 e. The van der Waals surface area contributed by atoms with Crippen molar-refractivity contribution in [1.29, 1.82) is 5.26 Å². The molecule has 1 fully saturated rings. The highest BCUT2D eigenvalue weighted by atomic mass is 127. The molecule has 2 atom stereocenters. The third-order valence-corrected chi connectivity index (χ3v) is 4.76. The number of aliphatic imine (C=N–C) groups is 1. The SMILES string of the molecule is CN(C)C(=O)CN=C(NCc1cccs1)NC1CCCC1C#N.I. The van der Waals surface area contributed by atoms with Crippen molar-refractivity contribution < 1.29 is 4.79 Å². The minimum Gasteiger partial charge on any atom is -0.352 e. The molecule has 1 aromatic heterocycles. The van der Waals surface area contributed by atoms with Gasteiger partial charge in [0.1, 0.15) is 6.54 Å². The van der Waals surface area contributed by atoms with E-state index in [2.05, 4.69) is 21.7 Å². The molecule has 132 valence electrons. The summed E-state index contributed by atoms with van der Waals surface area (Å²) < 4.78 is 0. The van der Waals surface area contributed by atoms with Gasteiger partial charge in [-0.15, -0.1) is 35.3 Å². The van der Waals surface area contributed by atoms with Crippen molar-refractivity contribution in [2.45, 2.75) is 31.8 Å². The number of guanidine groups is 1. The molecular formula is C16H24IN5OS. The Hall–Kier alpha value is -1.34. The molecule has 1 heterocycles. The van der Waals surface area contributed by atoms with Gasteiger partial charge >= 0.3 is 0 Å². The average molecular weight is 461 g/mol. The van der Waals surface area contributed by atoms with Crippen LogP contribution in [0.1, 0.15) is 24.1 Å². The molecule has 1 aliphatic carbocycles. The Kier molecular flexibility index (Phi) is 9.07. The summed E-state index contributed by atoms with van der Waals surface area (Å²) >= 11 is 1.67. The largest absolute Gasteiger partial charge is 0.352 e. The zero-order chi connectivity index (χ0) is 16.7. The molecule has 1 aromatic rings. The second kappa shape index (κ2) is 10.5. The molecule has 24 heavy (non-hydrogen) atoms. The van der Waals surface area contributed by atoms with Crippen molar-refractivity contribution in [3.8, 4) is 6.07 Å². The number of hydrogen-bond donors (Lipinski definition) is 2. The molecule has 2 N–H and O–H groups in total. The molecule has 0 radical (unpaired) electrons. The van der Waals surface area contributed by atoms with Crippen molar-refractivity contribution in [2.24, 2.45) is 10.9 Å². The molecule has 8 heteroatoms. The summed E-state index contributed by atoms with van der Waals surface area (Å²) in [5.41, 5.74) is 0. The molecule has 6 nitrogen and oxygen atoms in total. The highest BCUT2D eigenvalue weighted by Crippen LogP contribution is 2.24. The number of likely N-dealkylation sites (N-methyl/N-ethyl adjacent to an activating group) is 1. The van der Waals surface area contributed by atoms with Crippen LogP contribution in [0.25, 0.3) is 0 Å². The van der Waals surface area contributed by atoms with Crippen LogP contribution in [0.4, 0.5) is 0 Å². The van der Waals surface area contributed by atoms with Gasteiger partial charge in [-0.05, 0) is 30.7 Å². The van der Waals surface area contributed by atoms with Crippen LogP contribution in [0.3, 0.4) is 0 Å². The molecule has 0 saturated heterocycles. The fraction of sp³-hybridized carbons (Fsp3) is 0.562. The van der Waals surface area contributed by atoms with Crippen LogP contribution in [0.15, 0.2) is 22.5 Å². The van der Waals surface area contributed by atoms with Gasteiger partial charge in [0.05, 0.1) is 18.5 Å². The lowest BCUT2D eigenvalue weighted by Gasteiger charge is -2.20. The maximum atomic E-state index is 11.8. The number of carbonyl (C=O) groups excluding carboxylic acids is 1. The van der Waals surface area contributed by atoms with Crippen LogP contribution < -0.4 is 10.6 Å². The zero-order valence-corrected chi connectivity index (χ0v) is 17.1. The first-order chi connectivity index (χ1) is 11.1. The summed E-state index contributed by atoms with van der Waals surface area (Å²) in [5, 5.41) is 17.8. The number of hydrogen-bond acceptors (Lipinski definition) is 4. The van der Waals surface area contributed by atoms with Crippen molar-refractivity contribution in [1.82, 2.24) is 15.5 Å². The van der Waals surface area contributed by atoms with E-state index in [-0.39, 0.29) is 48.4 Å². The summed E-state index contributed by atoms with van der Waals surface area (Å²) in [4.78, 5) is 18.8. The molecule has 1 saturated carbocycles. The van der Waals surface area contributed by atoms with E-state index in [4.69, 9.17) is 0 Å². The fourth-order valence-electron chi connectivity index (χ4n) is 2.49. The monoisotopic (exact) mass is 461 g/mol.